The van der Waals surface area contributed by atoms with Gasteiger partial charge in [-0.25, -0.2) is 4.39 Å². The molecule has 26 heavy (non-hydrogen) atoms. The first-order chi connectivity index (χ1) is 12.8. The molecule has 0 aromatic rings. The highest BCUT2D eigenvalue weighted by atomic mass is 19.1. The van der Waals surface area contributed by atoms with E-state index >= 15 is 0 Å². The maximum absolute atomic E-state index is 11.7. The van der Waals surface area contributed by atoms with E-state index in [-0.39, 0.29) is 19.0 Å². The fraction of sp³-hybridized carbons (Fsp3) is 0.941. The van der Waals surface area contributed by atoms with Gasteiger partial charge in [-0.05, 0) is 6.92 Å². The van der Waals surface area contributed by atoms with Crippen LogP contribution in [-0.2, 0) is 38.0 Å². The summed E-state index contributed by atoms with van der Waals surface area (Å²) in [5.41, 5.74) is 0. The largest absolute Gasteiger partial charge is 0.466 e. The van der Waals surface area contributed by atoms with Crippen LogP contribution in [0.25, 0.3) is 0 Å². The topological polar surface area (TPSA) is 81.7 Å². The standard InChI is InChI=1S/C17H33FO8/c1-2-26-17(19)3-5-20-7-9-22-11-13-24-15-16-25-14-12-23-10-8-21-6-4-18/h2-16H2,1H3. The van der Waals surface area contributed by atoms with Gasteiger partial charge in [0.15, 0.2) is 0 Å². The van der Waals surface area contributed by atoms with Crippen molar-refractivity contribution in [1.82, 2.24) is 0 Å². The lowest BCUT2D eigenvalue weighted by Crippen LogP contribution is -2.14. The van der Waals surface area contributed by atoms with Crippen molar-refractivity contribution in [3.8, 4) is 0 Å². The van der Waals surface area contributed by atoms with Gasteiger partial charge in [0.1, 0.15) is 6.67 Å². The fourth-order valence-electron chi connectivity index (χ4n) is 1.64. The molecule has 0 bridgehead atoms. The highest BCUT2D eigenvalue weighted by Gasteiger charge is 2.00. The van der Waals surface area contributed by atoms with Crippen LogP contribution in [0.1, 0.15) is 13.3 Å². The summed E-state index contributed by atoms with van der Waals surface area (Å²) in [6, 6.07) is 0. The smallest absolute Gasteiger partial charge is 0.308 e. The van der Waals surface area contributed by atoms with Crippen molar-refractivity contribution in [1.29, 1.82) is 0 Å². The number of rotatable bonds is 21. The Morgan fingerprint density at radius 2 is 0.962 bits per heavy atom. The number of carbonyl (C=O) groups is 1. The van der Waals surface area contributed by atoms with Gasteiger partial charge in [0, 0.05) is 0 Å². The second-order valence-electron chi connectivity index (χ2n) is 4.92. The van der Waals surface area contributed by atoms with E-state index in [9.17, 15) is 9.18 Å². The molecule has 0 amide bonds. The van der Waals surface area contributed by atoms with Crippen LogP contribution < -0.4 is 0 Å². The highest BCUT2D eigenvalue weighted by molar-refractivity contribution is 5.69. The van der Waals surface area contributed by atoms with Gasteiger partial charge in [0.2, 0.25) is 0 Å². The summed E-state index contributed by atoms with van der Waals surface area (Å²) in [5, 5.41) is 0. The van der Waals surface area contributed by atoms with E-state index in [4.69, 9.17) is 33.2 Å². The molecule has 0 radical (unpaired) electrons. The van der Waals surface area contributed by atoms with Gasteiger partial charge in [-0.1, -0.05) is 0 Å². The molecule has 0 N–H and O–H groups in total. The summed E-state index contributed by atoms with van der Waals surface area (Å²) < 4.78 is 47.9. The third kappa shape index (κ3) is 21.2. The zero-order valence-electron chi connectivity index (χ0n) is 15.8. The van der Waals surface area contributed by atoms with Crippen molar-refractivity contribution in [3.05, 3.63) is 0 Å². The molecule has 156 valence electrons. The maximum atomic E-state index is 11.7. The Morgan fingerprint density at radius 1 is 0.615 bits per heavy atom. The van der Waals surface area contributed by atoms with E-state index in [0.29, 0.717) is 79.3 Å². The lowest BCUT2D eigenvalue weighted by atomic mass is 10.5. The molecule has 9 heteroatoms. The quantitative estimate of drug-likeness (QED) is 0.214. The summed E-state index contributed by atoms with van der Waals surface area (Å²) in [6.45, 7) is 6.72. The van der Waals surface area contributed by atoms with E-state index < -0.39 is 6.67 Å². The number of esters is 1. The lowest BCUT2D eigenvalue weighted by molar-refractivity contribution is -0.144. The van der Waals surface area contributed by atoms with E-state index in [2.05, 4.69) is 0 Å². The van der Waals surface area contributed by atoms with Crippen LogP contribution in [0.4, 0.5) is 4.39 Å². The van der Waals surface area contributed by atoms with Crippen molar-refractivity contribution in [3.63, 3.8) is 0 Å². The first-order valence-corrected chi connectivity index (χ1v) is 8.99. The molecule has 0 aliphatic heterocycles. The Kier molecular flexibility index (Phi) is 21.5. The number of ether oxygens (including phenoxy) is 7. The average Bonchev–Trinajstić information content (AvgIpc) is 2.64. The van der Waals surface area contributed by atoms with Crippen molar-refractivity contribution >= 4 is 5.97 Å². The van der Waals surface area contributed by atoms with Crippen molar-refractivity contribution in [2.24, 2.45) is 0 Å². The number of hydrogen-bond donors (Lipinski definition) is 0. The van der Waals surface area contributed by atoms with Crippen LogP contribution in [0.2, 0.25) is 0 Å². The van der Waals surface area contributed by atoms with Crippen LogP contribution >= 0.6 is 0 Å². The summed E-state index contributed by atoms with van der Waals surface area (Å²) in [5.74, 6) is -0.252. The van der Waals surface area contributed by atoms with Crippen LogP contribution in [0.15, 0.2) is 0 Å². The molecule has 0 saturated heterocycles. The summed E-state index contributed by atoms with van der Waals surface area (Å²) in [7, 11) is 0. The lowest BCUT2D eigenvalue weighted by Gasteiger charge is -2.08. The second kappa shape index (κ2) is 22.2. The molecule has 0 spiro atoms. The molecule has 0 aliphatic carbocycles. The van der Waals surface area contributed by atoms with E-state index in [1.807, 2.05) is 0 Å². The molecule has 0 unspecified atom stereocenters. The first-order valence-electron chi connectivity index (χ1n) is 8.99. The molecule has 0 aromatic carbocycles. The van der Waals surface area contributed by atoms with Gasteiger partial charge >= 0.3 is 5.97 Å². The van der Waals surface area contributed by atoms with Crippen LogP contribution in [0.5, 0.6) is 0 Å². The van der Waals surface area contributed by atoms with Crippen molar-refractivity contribution in [2.45, 2.75) is 13.3 Å². The number of hydrogen-bond acceptors (Lipinski definition) is 8. The Balaban J connectivity index is 3.02. The number of alkyl halides is 1. The molecule has 0 heterocycles. The highest BCUT2D eigenvalue weighted by Crippen LogP contribution is 1.89. The average molecular weight is 384 g/mol. The van der Waals surface area contributed by atoms with Gasteiger partial charge in [-0.2, -0.15) is 0 Å². The number of carbonyl (C=O) groups excluding carboxylic acids is 1. The monoisotopic (exact) mass is 384 g/mol. The summed E-state index contributed by atoms with van der Waals surface area (Å²) >= 11 is 0. The Hall–Kier alpha value is -0.840. The fourth-order valence-corrected chi connectivity index (χ4v) is 1.64. The summed E-state index contributed by atoms with van der Waals surface area (Å²) in [6.07, 6.45) is 0.259. The zero-order chi connectivity index (χ0) is 19.1. The minimum Gasteiger partial charge on any atom is -0.466 e. The Morgan fingerprint density at radius 3 is 1.31 bits per heavy atom. The number of halogens is 1. The van der Waals surface area contributed by atoms with E-state index in [1.165, 1.54) is 0 Å². The summed E-state index contributed by atoms with van der Waals surface area (Å²) in [4.78, 5) is 11.0. The molecule has 8 nitrogen and oxygen atoms in total. The van der Waals surface area contributed by atoms with Gasteiger partial charge in [0.25, 0.3) is 0 Å². The molecular weight excluding hydrogens is 351 g/mol. The molecule has 0 atom stereocenters. The second-order valence-corrected chi connectivity index (χ2v) is 4.92. The van der Waals surface area contributed by atoms with Gasteiger partial charge in [-0.15, -0.1) is 0 Å². The van der Waals surface area contributed by atoms with Gasteiger partial charge in [-0.3, -0.25) is 4.79 Å². The molecule has 0 fully saturated rings. The van der Waals surface area contributed by atoms with E-state index in [0.717, 1.165) is 0 Å². The SMILES string of the molecule is CCOC(=O)CCOCCOCCOCCOCCOCCOCCF. The minimum atomic E-state index is -0.473. The molecule has 0 rings (SSSR count). The predicted octanol–water partition coefficient (Wildman–Crippen LogP) is 1.01. The van der Waals surface area contributed by atoms with Crippen LogP contribution in [-0.4, -0.2) is 98.5 Å². The molecule has 0 saturated carbocycles. The van der Waals surface area contributed by atoms with Gasteiger partial charge < -0.3 is 33.2 Å². The predicted molar refractivity (Wildman–Crippen MR) is 92.1 cm³/mol. The third-order valence-electron chi connectivity index (χ3n) is 2.84. The van der Waals surface area contributed by atoms with Crippen molar-refractivity contribution in [2.75, 3.05) is 92.6 Å². The minimum absolute atomic E-state index is 0.115. The van der Waals surface area contributed by atoms with E-state index in [1.54, 1.807) is 6.92 Å². The third-order valence-corrected chi connectivity index (χ3v) is 2.84. The zero-order valence-corrected chi connectivity index (χ0v) is 15.8. The van der Waals surface area contributed by atoms with Crippen LogP contribution in [0.3, 0.4) is 0 Å². The maximum Gasteiger partial charge on any atom is 0.308 e. The first kappa shape index (κ1) is 25.2. The molecule has 0 aromatic heterocycles. The molecular formula is C17H33FO8. The van der Waals surface area contributed by atoms with Crippen LogP contribution in [0, 0.1) is 0 Å². The van der Waals surface area contributed by atoms with Crippen molar-refractivity contribution < 1.29 is 42.3 Å². The normalized spacial score (nSPS) is 11.0. The molecule has 0 aliphatic rings. The Labute approximate surface area is 155 Å². The Bertz CT molecular complexity index is 294. The van der Waals surface area contributed by atoms with Gasteiger partial charge in [0.05, 0.1) is 92.3 Å².